The maximum Gasteiger partial charge on any atom is 1.00 e. The average Bonchev–Trinajstić information content (AvgIpc) is 1.79. The summed E-state index contributed by atoms with van der Waals surface area (Å²) in [6.07, 6.45) is -0.755. The predicted molar refractivity (Wildman–Crippen MR) is 46.1 cm³/mol. The van der Waals surface area contributed by atoms with E-state index in [0.29, 0.717) is 0 Å². The minimum absolute atomic E-state index is 0. The minimum atomic E-state index is -4.69. The molecule has 0 radical (unpaired) electrons. The van der Waals surface area contributed by atoms with Crippen LogP contribution in [0.4, 0.5) is 12.9 Å². The molecule has 13 heavy (non-hydrogen) atoms. The first-order chi connectivity index (χ1) is 5.24. The van der Waals surface area contributed by atoms with Gasteiger partial charge in [-0.25, -0.2) is 0 Å². The Morgan fingerprint density at radius 2 is 1.31 bits per heavy atom. The van der Waals surface area contributed by atoms with Crippen LogP contribution in [0.3, 0.4) is 0 Å². The molecule has 1 nitrogen and oxygen atoms in total. The van der Waals surface area contributed by atoms with E-state index in [0.717, 1.165) is 0 Å². The topological polar surface area (TPSA) is 3.24 Å². The molecule has 0 bridgehead atoms. The summed E-state index contributed by atoms with van der Waals surface area (Å²) in [6, 6.07) is -0.0954. The van der Waals surface area contributed by atoms with E-state index in [4.69, 9.17) is 0 Å². The average molecular weight is 221 g/mol. The molecule has 0 fully saturated rings. The largest absolute Gasteiger partial charge is 1.00 e. The zero-order chi connectivity index (χ0) is 9.94. The van der Waals surface area contributed by atoms with Crippen molar-refractivity contribution in [1.82, 2.24) is 4.90 Å². The third-order valence-corrected chi connectivity index (χ3v) is 1.74. The first kappa shape index (κ1) is 16.9. The Morgan fingerprint density at radius 1 is 1.00 bits per heavy atom. The standard InChI is InChI=1S/C7H16BF3N.K/c1-6(2)12(7(3)4)5-8(9,10)11;/h6-7H,5H2,1-4H3;/q-1;+1. The zero-order valence-electron chi connectivity index (χ0n) is 9.02. The fourth-order valence-corrected chi connectivity index (χ4v) is 1.26. The van der Waals surface area contributed by atoms with Crippen molar-refractivity contribution in [2.24, 2.45) is 0 Å². The van der Waals surface area contributed by atoms with Gasteiger partial charge in [-0.15, -0.1) is 0 Å². The molecule has 0 unspecified atom stereocenters. The van der Waals surface area contributed by atoms with Gasteiger partial charge >= 0.3 is 58.4 Å². The van der Waals surface area contributed by atoms with E-state index in [9.17, 15) is 12.9 Å². The molecule has 0 aliphatic rings. The normalized spacial score (nSPS) is 12.5. The Morgan fingerprint density at radius 3 is 1.38 bits per heavy atom. The van der Waals surface area contributed by atoms with Crippen LogP contribution in [0.2, 0.25) is 0 Å². The second-order valence-corrected chi connectivity index (χ2v) is 3.59. The van der Waals surface area contributed by atoms with Gasteiger partial charge < -0.3 is 17.8 Å². The zero-order valence-corrected chi connectivity index (χ0v) is 12.1. The molecule has 0 N–H and O–H groups in total. The summed E-state index contributed by atoms with van der Waals surface area (Å²) in [6.45, 7) is 2.43. The van der Waals surface area contributed by atoms with E-state index in [-0.39, 0.29) is 63.5 Å². The Bertz CT molecular complexity index is 130. The van der Waals surface area contributed by atoms with E-state index in [1.807, 2.05) is 0 Å². The number of hydrogen-bond acceptors (Lipinski definition) is 1. The summed E-state index contributed by atoms with van der Waals surface area (Å²) in [5.74, 6) is 0. The SMILES string of the molecule is CC(C)N(C[B-](F)(F)F)C(C)C.[K+]. The van der Waals surface area contributed by atoms with Crippen LogP contribution >= 0.6 is 0 Å². The van der Waals surface area contributed by atoms with Crippen molar-refractivity contribution >= 4 is 6.98 Å². The molecule has 0 rings (SSSR count). The van der Waals surface area contributed by atoms with E-state index in [1.165, 1.54) is 4.90 Å². The summed E-state index contributed by atoms with van der Waals surface area (Å²) in [5, 5.41) is 0. The van der Waals surface area contributed by atoms with Gasteiger partial charge in [0.1, 0.15) is 0 Å². The van der Waals surface area contributed by atoms with Crippen LogP contribution in [0.25, 0.3) is 0 Å². The van der Waals surface area contributed by atoms with Crippen LogP contribution in [-0.2, 0) is 0 Å². The molecule has 0 spiro atoms. The first-order valence-electron chi connectivity index (χ1n) is 4.20. The third-order valence-electron chi connectivity index (χ3n) is 1.74. The van der Waals surface area contributed by atoms with Gasteiger partial charge in [-0.3, -0.25) is 0 Å². The van der Waals surface area contributed by atoms with E-state index >= 15 is 0 Å². The molecular weight excluding hydrogens is 205 g/mol. The van der Waals surface area contributed by atoms with E-state index in [2.05, 4.69) is 0 Å². The van der Waals surface area contributed by atoms with Crippen molar-refractivity contribution in [2.45, 2.75) is 39.8 Å². The van der Waals surface area contributed by atoms with Crippen LogP contribution in [0.15, 0.2) is 0 Å². The van der Waals surface area contributed by atoms with Gasteiger partial charge in [0.05, 0.1) is 0 Å². The molecule has 0 saturated heterocycles. The molecule has 0 aromatic heterocycles. The van der Waals surface area contributed by atoms with Crippen molar-refractivity contribution in [1.29, 1.82) is 0 Å². The number of hydrogen-bond donors (Lipinski definition) is 0. The molecule has 74 valence electrons. The van der Waals surface area contributed by atoms with E-state index < -0.39 is 13.4 Å². The van der Waals surface area contributed by atoms with Gasteiger partial charge in [-0.2, -0.15) is 0 Å². The van der Waals surface area contributed by atoms with Gasteiger partial charge in [-0.05, 0) is 34.1 Å². The van der Waals surface area contributed by atoms with Crippen molar-refractivity contribution in [2.75, 3.05) is 6.44 Å². The summed E-state index contributed by atoms with van der Waals surface area (Å²) in [7, 11) is 0. The number of halogens is 3. The van der Waals surface area contributed by atoms with Crippen LogP contribution in [0.1, 0.15) is 27.7 Å². The van der Waals surface area contributed by atoms with Crippen LogP contribution in [0, 0.1) is 0 Å². The molecule has 0 atom stereocenters. The smallest absolute Gasteiger partial charge is 0.448 e. The Hall–Kier alpha value is 1.45. The quantitative estimate of drug-likeness (QED) is 0.578. The van der Waals surface area contributed by atoms with Crippen molar-refractivity contribution in [3.05, 3.63) is 0 Å². The van der Waals surface area contributed by atoms with Crippen molar-refractivity contribution in [3.63, 3.8) is 0 Å². The fourth-order valence-electron chi connectivity index (χ4n) is 1.26. The minimum Gasteiger partial charge on any atom is -0.448 e. The van der Waals surface area contributed by atoms with Gasteiger partial charge in [0, 0.05) is 12.1 Å². The second-order valence-electron chi connectivity index (χ2n) is 3.59. The second kappa shape index (κ2) is 6.85. The molecule has 0 aromatic rings. The van der Waals surface area contributed by atoms with Crippen LogP contribution < -0.4 is 51.4 Å². The molecule has 6 heteroatoms. The molecule has 0 amide bonds. The van der Waals surface area contributed by atoms with Gasteiger partial charge in [0.25, 0.3) is 0 Å². The Labute approximate surface area is 121 Å². The van der Waals surface area contributed by atoms with Crippen molar-refractivity contribution < 1.29 is 64.3 Å². The summed E-state index contributed by atoms with van der Waals surface area (Å²) < 4.78 is 36.1. The fraction of sp³-hybridized carbons (Fsp3) is 1.00. The molecular formula is C7H16BF3KN. The van der Waals surface area contributed by atoms with Gasteiger partial charge in [0.2, 0.25) is 0 Å². The summed E-state index contributed by atoms with van der Waals surface area (Å²) >= 11 is 0. The monoisotopic (exact) mass is 221 g/mol. The number of rotatable bonds is 4. The summed E-state index contributed by atoms with van der Waals surface area (Å²) in [4.78, 5) is 1.44. The van der Waals surface area contributed by atoms with Crippen LogP contribution in [-0.4, -0.2) is 30.4 Å². The maximum atomic E-state index is 12.0. The van der Waals surface area contributed by atoms with Crippen LogP contribution in [0.5, 0.6) is 0 Å². The Kier molecular flexibility index (Phi) is 8.88. The first-order valence-corrected chi connectivity index (χ1v) is 4.20. The Balaban J connectivity index is 0. The molecule has 0 aromatic carbocycles. The molecule has 0 heterocycles. The van der Waals surface area contributed by atoms with E-state index in [1.54, 1.807) is 27.7 Å². The molecule has 0 aliphatic heterocycles. The van der Waals surface area contributed by atoms with Gasteiger partial charge in [-0.1, -0.05) is 0 Å². The number of nitrogens with zero attached hydrogens (tertiary/aromatic N) is 1. The third kappa shape index (κ3) is 8.45. The molecule has 0 aliphatic carbocycles. The maximum absolute atomic E-state index is 12.0. The van der Waals surface area contributed by atoms with Gasteiger partial charge in [0.15, 0.2) is 0 Å². The van der Waals surface area contributed by atoms with Crippen molar-refractivity contribution in [3.8, 4) is 0 Å². The predicted octanol–water partition coefficient (Wildman–Crippen LogP) is -0.504. The molecule has 0 saturated carbocycles. The summed E-state index contributed by atoms with van der Waals surface area (Å²) in [5.41, 5.74) is 0.